The van der Waals surface area contributed by atoms with Gasteiger partial charge in [-0.3, -0.25) is 14.7 Å². The van der Waals surface area contributed by atoms with Gasteiger partial charge in [-0.15, -0.1) is 0 Å². The molecular formula is C14H16N4O2. The molecule has 1 aliphatic rings. The maximum atomic E-state index is 11.4. The Balaban J connectivity index is 2.20. The zero-order valence-corrected chi connectivity index (χ0v) is 11.3. The Morgan fingerprint density at radius 2 is 2.15 bits per heavy atom. The highest BCUT2D eigenvalue weighted by Gasteiger charge is 2.24. The van der Waals surface area contributed by atoms with Gasteiger partial charge >= 0.3 is 5.69 Å². The van der Waals surface area contributed by atoms with Crippen molar-refractivity contribution < 1.29 is 4.92 Å². The van der Waals surface area contributed by atoms with Crippen molar-refractivity contribution in [3.05, 3.63) is 46.0 Å². The molecule has 1 aromatic heterocycles. The lowest BCUT2D eigenvalue weighted by Gasteiger charge is -2.15. The normalized spacial score (nSPS) is 13.8. The van der Waals surface area contributed by atoms with Crippen LogP contribution in [0.5, 0.6) is 0 Å². The van der Waals surface area contributed by atoms with Crippen molar-refractivity contribution in [2.24, 2.45) is 0 Å². The number of anilines is 1. The number of nitro groups is 1. The molecule has 2 aromatic rings. The third kappa shape index (κ3) is 1.93. The monoisotopic (exact) mass is 272 g/mol. The number of benzene rings is 1. The summed E-state index contributed by atoms with van der Waals surface area (Å²) in [4.78, 5) is 15.5. The quantitative estimate of drug-likeness (QED) is 0.688. The lowest BCUT2D eigenvalue weighted by Crippen LogP contribution is -2.09. The lowest BCUT2D eigenvalue weighted by atomic mass is 10.0. The number of nitrogens with one attached hydrogen (secondary N) is 1. The topological polar surface area (TPSA) is 73.0 Å². The van der Waals surface area contributed by atoms with E-state index >= 15 is 0 Å². The number of hydrogen-bond acceptors (Lipinski definition) is 4. The van der Waals surface area contributed by atoms with E-state index in [1.54, 1.807) is 25.5 Å². The molecule has 1 aliphatic carbocycles. The minimum atomic E-state index is -0.337. The fourth-order valence-corrected chi connectivity index (χ4v) is 2.80. The molecule has 0 spiro atoms. The van der Waals surface area contributed by atoms with Crippen LogP contribution in [0.1, 0.15) is 24.2 Å². The first-order chi connectivity index (χ1) is 9.72. The van der Waals surface area contributed by atoms with Gasteiger partial charge in [0.2, 0.25) is 0 Å². The molecule has 0 unspecified atom stereocenters. The van der Waals surface area contributed by atoms with E-state index in [-0.39, 0.29) is 10.6 Å². The van der Waals surface area contributed by atoms with Crippen molar-refractivity contribution in [2.75, 3.05) is 12.4 Å². The Labute approximate surface area is 116 Å². The minimum absolute atomic E-state index is 0.0979. The molecule has 0 bridgehead atoms. The Bertz CT molecular complexity index is 663. The van der Waals surface area contributed by atoms with E-state index in [1.807, 2.05) is 10.6 Å². The number of aryl methyl sites for hydroxylation is 1. The summed E-state index contributed by atoms with van der Waals surface area (Å²) in [5.41, 5.74) is 3.37. The van der Waals surface area contributed by atoms with Gasteiger partial charge in [-0.25, -0.2) is 4.98 Å². The highest BCUT2D eigenvalue weighted by Crippen LogP contribution is 2.33. The molecule has 0 amide bonds. The molecule has 0 radical (unpaired) electrons. The van der Waals surface area contributed by atoms with Gasteiger partial charge in [0, 0.05) is 12.7 Å². The smallest absolute Gasteiger partial charge is 0.316 e. The SMILES string of the molecule is CNc1cccc(-n2cnc3c2CCCC3)c1[N+](=O)[O-]. The first kappa shape index (κ1) is 12.7. The molecule has 0 aliphatic heterocycles. The summed E-state index contributed by atoms with van der Waals surface area (Å²) < 4.78 is 1.87. The predicted molar refractivity (Wildman–Crippen MR) is 76.4 cm³/mol. The number of nitrogens with zero attached hydrogens (tertiary/aromatic N) is 3. The molecule has 104 valence electrons. The fraction of sp³-hybridized carbons (Fsp3) is 0.357. The Morgan fingerprint density at radius 3 is 2.90 bits per heavy atom. The van der Waals surface area contributed by atoms with Crippen LogP contribution in [-0.4, -0.2) is 21.5 Å². The summed E-state index contributed by atoms with van der Waals surface area (Å²) in [6.07, 6.45) is 5.84. The molecule has 0 saturated carbocycles. The highest BCUT2D eigenvalue weighted by molar-refractivity contribution is 5.71. The Hall–Kier alpha value is -2.37. The third-order valence-electron chi connectivity index (χ3n) is 3.76. The second kappa shape index (κ2) is 4.96. The number of fused-ring (bicyclic) bond motifs is 1. The molecule has 0 saturated heterocycles. The summed E-state index contributed by atoms with van der Waals surface area (Å²) in [5, 5.41) is 14.3. The predicted octanol–water partition coefficient (Wildman–Crippen LogP) is 2.70. The van der Waals surface area contributed by atoms with Crippen LogP contribution >= 0.6 is 0 Å². The van der Waals surface area contributed by atoms with Gasteiger partial charge in [0.1, 0.15) is 11.4 Å². The van der Waals surface area contributed by atoms with Crippen LogP contribution in [0.3, 0.4) is 0 Å². The van der Waals surface area contributed by atoms with Crippen LogP contribution in [0.25, 0.3) is 5.69 Å². The van der Waals surface area contributed by atoms with Crippen molar-refractivity contribution in [2.45, 2.75) is 25.7 Å². The second-order valence-corrected chi connectivity index (χ2v) is 4.90. The maximum absolute atomic E-state index is 11.4. The molecule has 20 heavy (non-hydrogen) atoms. The standard InChI is InChI=1S/C14H16N4O2/c1-15-11-6-4-8-13(14(11)18(19)20)17-9-16-10-5-2-3-7-12(10)17/h4,6,8-9,15H,2-3,5,7H2,1H3. The summed E-state index contributed by atoms with van der Waals surface area (Å²) in [6, 6.07) is 5.31. The number of rotatable bonds is 3. The molecule has 0 atom stereocenters. The zero-order chi connectivity index (χ0) is 14.1. The van der Waals surface area contributed by atoms with Crippen LogP contribution < -0.4 is 5.32 Å². The van der Waals surface area contributed by atoms with Crippen LogP contribution in [0.2, 0.25) is 0 Å². The second-order valence-electron chi connectivity index (χ2n) is 4.90. The van der Waals surface area contributed by atoms with Crippen LogP contribution in [-0.2, 0) is 12.8 Å². The fourth-order valence-electron chi connectivity index (χ4n) is 2.80. The van der Waals surface area contributed by atoms with Gasteiger partial charge in [-0.05, 0) is 37.8 Å². The van der Waals surface area contributed by atoms with Crippen LogP contribution in [0.15, 0.2) is 24.5 Å². The first-order valence-corrected chi connectivity index (χ1v) is 6.73. The number of imidazole rings is 1. The maximum Gasteiger partial charge on any atom is 0.316 e. The van der Waals surface area contributed by atoms with Gasteiger partial charge in [-0.2, -0.15) is 0 Å². The van der Waals surface area contributed by atoms with Gasteiger partial charge in [0.15, 0.2) is 0 Å². The molecule has 0 fully saturated rings. The highest BCUT2D eigenvalue weighted by atomic mass is 16.6. The van der Waals surface area contributed by atoms with Crippen molar-refractivity contribution in [1.82, 2.24) is 9.55 Å². The third-order valence-corrected chi connectivity index (χ3v) is 3.76. The summed E-state index contributed by atoms with van der Waals surface area (Å²) in [7, 11) is 1.69. The largest absolute Gasteiger partial charge is 0.382 e. The molecule has 1 heterocycles. The average Bonchev–Trinajstić information content (AvgIpc) is 2.90. The lowest BCUT2D eigenvalue weighted by molar-refractivity contribution is -0.383. The van der Waals surface area contributed by atoms with E-state index in [9.17, 15) is 10.1 Å². The van der Waals surface area contributed by atoms with E-state index in [4.69, 9.17) is 0 Å². The minimum Gasteiger partial charge on any atom is -0.382 e. The van der Waals surface area contributed by atoms with E-state index in [2.05, 4.69) is 10.3 Å². The summed E-state index contributed by atoms with van der Waals surface area (Å²) in [5.74, 6) is 0. The molecule has 1 N–H and O–H groups in total. The van der Waals surface area contributed by atoms with Crippen LogP contribution in [0, 0.1) is 10.1 Å². The van der Waals surface area contributed by atoms with Crippen molar-refractivity contribution in [1.29, 1.82) is 0 Å². The Kier molecular flexibility index (Phi) is 3.14. The number of nitro benzene ring substituents is 1. The molecule has 1 aromatic carbocycles. The Morgan fingerprint density at radius 1 is 1.35 bits per heavy atom. The van der Waals surface area contributed by atoms with E-state index in [1.165, 1.54) is 0 Å². The van der Waals surface area contributed by atoms with Gasteiger partial charge < -0.3 is 5.32 Å². The van der Waals surface area contributed by atoms with E-state index in [0.29, 0.717) is 11.4 Å². The summed E-state index contributed by atoms with van der Waals surface area (Å²) >= 11 is 0. The van der Waals surface area contributed by atoms with Gasteiger partial charge in [0.25, 0.3) is 0 Å². The summed E-state index contributed by atoms with van der Waals surface area (Å²) in [6.45, 7) is 0. The van der Waals surface area contributed by atoms with Crippen molar-refractivity contribution >= 4 is 11.4 Å². The average molecular weight is 272 g/mol. The zero-order valence-electron chi connectivity index (χ0n) is 11.3. The first-order valence-electron chi connectivity index (χ1n) is 6.73. The molecule has 3 rings (SSSR count). The van der Waals surface area contributed by atoms with Crippen LogP contribution in [0.4, 0.5) is 11.4 Å². The van der Waals surface area contributed by atoms with Gasteiger partial charge in [-0.1, -0.05) is 6.07 Å². The van der Waals surface area contributed by atoms with Crippen molar-refractivity contribution in [3.8, 4) is 5.69 Å². The van der Waals surface area contributed by atoms with E-state index in [0.717, 1.165) is 37.1 Å². The molecule has 6 heteroatoms. The molecular weight excluding hydrogens is 256 g/mol. The molecule has 6 nitrogen and oxygen atoms in total. The van der Waals surface area contributed by atoms with E-state index < -0.39 is 0 Å². The number of hydrogen-bond donors (Lipinski definition) is 1. The number of aromatic nitrogens is 2. The van der Waals surface area contributed by atoms with Crippen molar-refractivity contribution in [3.63, 3.8) is 0 Å². The number of para-hydroxylation sites is 1. The van der Waals surface area contributed by atoms with Gasteiger partial charge in [0.05, 0.1) is 16.9 Å².